The average Bonchev–Trinajstić information content (AvgIpc) is 3.25. The maximum absolute atomic E-state index is 12.6. The summed E-state index contributed by atoms with van der Waals surface area (Å²) < 4.78 is 11.9. The van der Waals surface area contributed by atoms with Crippen LogP contribution in [0.4, 0.5) is 4.79 Å². The summed E-state index contributed by atoms with van der Waals surface area (Å²) in [4.78, 5) is 37.0. The summed E-state index contributed by atoms with van der Waals surface area (Å²) in [6.07, 6.45) is 2.83. The van der Waals surface area contributed by atoms with Crippen LogP contribution in [0.3, 0.4) is 0 Å². The number of ether oxygens (including phenoxy) is 2. The number of aromatic nitrogens is 2. The summed E-state index contributed by atoms with van der Waals surface area (Å²) in [5.41, 5.74) is 3.73. The molecule has 9 nitrogen and oxygen atoms in total. The lowest BCUT2D eigenvalue weighted by Crippen LogP contribution is -2.30. The molecule has 1 unspecified atom stereocenters. The van der Waals surface area contributed by atoms with Gasteiger partial charge in [0.25, 0.3) is 0 Å². The van der Waals surface area contributed by atoms with Crippen LogP contribution in [0, 0.1) is 12.8 Å². The molecule has 9 heteroatoms. The zero-order valence-corrected chi connectivity index (χ0v) is 21.4. The maximum atomic E-state index is 12.6. The molecule has 0 saturated heterocycles. The fourth-order valence-electron chi connectivity index (χ4n) is 3.50. The lowest BCUT2D eigenvalue weighted by Gasteiger charge is -2.17. The van der Waals surface area contributed by atoms with Crippen molar-refractivity contribution in [3.63, 3.8) is 0 Å². The zero-order chi connectivity index (χ0) is 26.8. The Bertz CT molecular complexity index is 1220. The molecule has 1 aromatic heterocycles. The van der Waals surface area contributed by atoms with Gasteiger partial charge in [-0.25, -0.2) is 9.59 Å². The van der Waals surface area contributed by atoms with Crippen LogP contribution >= 0.6 is 0 Å². The van der Waals surface area contributed by atoms with Crippen molar-refractivity contribution in [1.29, 1.82) is 0 Å². The number of nitrogens with one attached hydrogen (secondary N) is 2. The van der Waals surface area contributed by atoms with Crippen molar-refractivity contribution in [2.75, 3.05) is 7.11 Å². The number of aryl methyl sites for hydroxylation is 2. The van der Waals surface area contributed by atoms with Crippen molar-refractivity contribution in [2.45, 2.75) is 33.0 Å². The average molecular weight is 505 g/mol. The first kappa shape index (κ1) is 27.2. The monoisotopic (exact) mass is 504 g/mol. The van der Waals surface area contributed by atoms with E-state index in [0.29, 0.717) is 17.7 Å². The SMILES string of the molecule is COC(=O)c1ccc(C(/C=C/[C@@H](C)C(=O)NCc2cc(C)n(C)n2)NC(=O)OCc2ccccc2)cc1. The molecule has 3 rings (SSSR count). The van der Waals surface area contributed by atoms with E-state index < -0.39 is 24.0 Å². The molecule has 0 spiro atoms. The van der Waals surface area contributed by atoms with E-state index in [2.05, 4.69) is 15.7 Å². The number of benzene rings is 2. The van der Waals surface area contributed by atoms with Crippen LogP contribution < -0.4 is 10.6 Å². The fourth-order valence-corrected chi connectivity index (χ4v) is 3.50. The highest BCUT2D eigenvalue weighted by molar-refractivity contribution is 5.89. The third-order valence-electron chi connectivity index (χ3n) is 5.79. The van der Waals surface area contributed by atoms with Crippen LogP contribution in [-0.2, 0) is 34.5 Å². The molecule has 194 valence electrons. The molecule has 3 aromatic rings. The molecule has 2 N–H and O–H groups in total. The van der Waals surface area contributed by atoms with Crippen molar-refractivity contribution >= 4 is 18.0 Å². The number of carbonyl (C=O) groups excluding carboxylic acids is 3. The van der Waals surface area contributed by atoms with Crippen molar-refractivity contribution in [3.05, 3.63) is 101 Å². The predicted molar refractivity (Wildman–Crippen MR) is 138 cm³/mol. The number of hydrogen-bond donors (Lipinski definition) is 2. The number of alkyl carbamates (subject to hydrolysis) is 1. The highest BCUT2D eigenvalue weighted by atomic mass is 16.5. The summed E-state index contributed by atoms with van der Waals surface area (Å²) in [6, 6.07) is 17.3. The first-order valence-corrected chi connectivity index (χ1v) is 11.9. The number of esters is 1. The number of nitrogens with zero attached hydrogens (tertiary/aromatic N) is 2. The Morgan fingerprint density at radius 1 is 1.05 bits per heavy atom. The van der Waals surface area contributed by atoms with Gasteiger partial charge >= 0.3 is 12.1 Å². The Hall–Kier alpha value is -4.40. The molecular weight excluding hydrogens is 472 g/mol. The van der Waals surface area contributed by atoms with Gasteiger partial charge in [-0.2, -0.15) is 5.10 Å². The number of methoxy groups -OCH3 is 1. The molecule has 0 aliphatic carbocycles. The van der Waals surface area contributed by atoms with Gasteiger partial charge in [-0.15, -0.1) is 0 Å². The van der Waals surface area contributed by atoms with Gasteiger partial charge in [0.1, 0.15) is 6.61 Å². The summed E-state index contributed by atoms with van der Waals surface area (Å²) in [6.45, 7) is 4.15. The summed E-state index contributed by atoms with van der Waals surface area (Å²) in [5, 5.41) is 10.0. The minimum atomic E-state index is -0.613. The number of carbonyl (C=O) groups is 3. The quantitative estimate of drug-likeness (QED) is 0.319. The molecule has 0 saturated carbocycles. The number of hydrogen-bond acceptors (Lipinski definition) is 6. The highest BCUT2D eigenvalue weighted by Gasteiger charge is 2.16. The molecule has 1 heterocycles. The molecule has 37 heavy (non-hydrogen) atoms. The molecule has 0 fully saturated rings. The third-order valence-corrected chi connectivity index (χ3v) is 5.79. The molecule has 0 radical (unpaired) electrons. The van der Waals surface area contributed by atoms with Crippen LogP contribution in [0.5, 0.6) is 0 Å². The molecular formula is C28H32N4O5. The van der Waals surface area contributed by atoms with Crippen LogP contribution in [0.25, 0.3) is 0 Å². The first-order chi connectivity index (χ1) is 17.8. The van der Waals surface area contributed by atoms with Crippen molar-refractivity contribution < 1.29 is 23.9 Å². The summed E-state index contributed by atoms with van der Waals surface area (Å²) in [7, 11) is 3.16. The summed E-state index contributed by atoms with van der Waals surface area (Å²) in [5.74, 6) is -1.10. The van der Waals surface area contributed by atoms with Crippen LogP contribution in [-0.4, -0.2) is 34.9 Å². The van der Waals surface area contributed by atoms with Crippen molar-refractivity contribution in [2.24, 2.45) is 13.0 Å². The van der Waals surface area contributed by atoms with E-state index in [-0.39, 0.29) is 12.5 Å². The Morgan fingerprint density at radius 3 is 2.38 bits per heavy atom. The molecule has 0 aliphatic heterocycles. The highest BCUT2D eigenvalue weighted by Crippen LogP contribution is 2.18. The number of amides is 2. The standard InChI is InChI=1S/C28H32N4O5/c1-19(26(33)29-17-24-16-20(2)32(3)31-24)10-15-25(22-11-13-23(14-12-22)27(34)36-4)30-28(35)37-18-21-8-6-5-7-9-21/h5-16,19,25H,17-18H2,1-4H3,(H,29,33)(H,30,35)/b15-10+/t19-,25?/m1/s1. The van der Waals surface area contributed by atoms with Gasteiger partial charge in [0.2, 0.25) is 5.91 Å². The van der Waals surface area contributed by atoms with Gasteiger partial charge < -0.3 is 20.1 Å². The smallest absolute Gasteiger partial charge is 0.408 e. The minimum Gasteiger partial charge on any atom is -0.465 e. The molecule has 0 bridgehead atoms. The van der Waals surface area contributed by atoms with Crippen molar-refractivity contribution in [3.8, 4) is 0 Å². The normalized spacial score (nSPS) is 12.5. The van der Waals surface area contributed by atoms with Crippen LogP contribution in [0.2, 0.25) is 0 Å². The van der Waals surface area contributed by atoms with Gasteiger partial charge in [-0.1, -0.05) is 61.5 Å². The van der Waals surface area contributed by atoms with E-state index in [9.17, 15) is 14.4 Å². The Morgan fingerprint density at radius 2 is 1.76 bits per heavy atom. The third kappa shape index (κ3) is 8.06. The van der Waals surface area contributed by atoms with Gasteiger partial charge in [-0.3, -0.25) is 9.48 Å². The Kier molecular flexibility index (Phi) is 9.60. The Labute approximate surface area is 216 Å². The van der Waals surface area contributed by atoms with E-state index in [4.69, 9.17) is 9.47 Å². The minimum absolute atomic E-state index is 0.121. The second-order valence-corrected chi connectivity index (χ2v) is 8.59. The Balaban J connectivity index is 1.67. The van der Waals surface area contributed by atoms with Gasteiger partial charge in [0, 0.05) is 12.7 Å². The van der Waals surface area contributed by atoms with Crippen LogP contribution in [0.1, 0.15) is 45.8 Å². The zero-order valence-electron chi connectivity index (χ0n) is 21.4. The molecule has 0 aliphatic rings. The van der Waals surface area contributed by atoms with E-state index in [1.165, 1.54) is 7.11 Å². The molecule has 2 amide bonds. The second kappa shape index (κ2) is 13.1. The lowest BCUT2D eigenvalue weighted by atomic mass is 10.0. The lowest BCUT2D eigenvalue weighted by molar-refractivity contribution is -0.123. The predicted octanol–water partition coefficient (Wildman–Crippen LogP) is 3.99. The summed E-state index contributed by atoms with van der Waals surface area (Å²) >= 11 is 0. The topological polar surface area (TPSA) is 112 Å². The molecule has 2 aromatic carbocycles. The number of rotatable bonds is 10. The van der Waals surface area contributed by atoms with E-state index in [0.717, 1.165) is 17.0 Å². The van der Waals surface area contributed by atoms with E-state index >= 15 is 0 Å². The largest absolute Gasteiger partial charge is 0.465 e. The first-order valence-electron chi connectivity index (χ1n) is 11.9. The van der Waals surface area contributed by atoms with E-state index in [1.54, 1.807) is 48.0 Å². The van der Waals surface area contributed by atoms with Crippen molar-refractivity contribution in [1.82, 2.24) is 20.4 Å². The maximum Gasteiger partial charge on any atom is 0.408 e. The molecule has 2 atom stereocenters. The van der Waals surface area contributed by atoms with E-state index in [1.807, 2.05) is 50.4 Å². The van der Waals surface area contributed by atoms with Gasteiger partial charge in [0.15, 0.2) is 0 Å². The van der Waals surface area contributed by atoms with Crippen LogP contribution in [0.15, 0.2) is 72.8 Å². The second-order valence-electron chi connectivity index (χ2n) is 8.59. The van der Waals surface area contributed by atoms with Gasteiger partial charge in [-0.05, 0) is 36.2 Å². The van der Waals surface area contributed by atoms with Gasteiger partial charge in [0.05, 0.1) is 36.9 Å². The fraction of sp³-hybridized carbons (Fsp3) is 0.286.